The van der Waals surface area contributed by atoms with Crippen LogP contribution in [0.1, 0.15) is 0 Å². The Balaban J connectivity index is 1.58. The molecule has 26 heavy (non-hydrogen) atoms. The summed E-state index contributed by atoms with van der Waals surface area (Å²) in [4.78, 5) is 24.0. The van der Waals surface area contributed by atoms with E-state index >= 15 is 0 Å². The molecule has 0 heterocycles. The van der Waals surface area contributed by atoms with Crippen LogP contribution in [0.5, 0.6) is 0 Å². The van der Waals surface area contributed by atoms with E-state index in [9.17, 15) is 9.59 Å². The summed E-state index contributed by atoms with van der Waals surface area (Å²) in [6, 6.07) is 23.9. The van der Waals surface area contributed by atoms with Crippen LogP contribution >= 0.6 is 15.9 Å². The molecular formula is C20H16BrN3O2. The van der Waals surface area contributed by atoms with Gasteiger partial charge in [-0.2, -0.15) is 0 Å². The predicted octanol–water partition coefficient (Wildman–Crippen LogP) is 4.77. The molecule has 3 rings (SSSR count). The minimum Gasteiger partial charge on any atom is -0.356 e. The van der Waals surface area contributed by atoms with Crippen molar-refractivity contribution >= 4 is 50.5 Å². The lowest BCUT2D eigenvalue weighted by Crippen LogP contribution is -2.29. The first-order chi connectivity index (χ1) is 12.6. The fourth-order valence-corrected chi connectivity index (χ4v) is 2.67. The molecular weight excluding hydrogens is 394 g/mol. The molecule has 6 heteroatoms. The van der Waals surface area contributed by atoms with Gasteiger partial charge in [-0.3, -0.25) is 9.59 Å². The van der Waals surface area contributed by atoms with Crippen LogP contribution in [0.15, 0.2) is 83.3 Å². The van der Waals surface area contributed by atoms with Gasteiger partial charge in [0.05, 0.1) is 0 Å². The van der Waals surface area contributed by atoms with Crippen molar-refractivity contribution in [2.24, 2.45) is 0 Å². The smallest absolute Gasteiger partial charge is 0.314 e. The third-order valence-corrected chi connectivity index (χ3v) is 3.99. The van der Waals surface area contributed by atoms with Gasteiger partial charge in [-0.15, -0.1) is 0 Å². The Bertz CT molecular complexity index is 912. The fraction of sp³-hybridized carbons (Fsp3) is 0. The number of hydrogen-bond donors (Lipinski definition) is 3. The number of anilines is 4. The Morgan fingerprint density at radius 1 is 0.615 bits per heavy atom. The van der Waals surface area contributed by atoms with Gasteiger partial charge in [-0.1, -0.05) is 40.2 Å². The van der Waals surface area contributed by atoms with Crippen LogP contribution in [0.4, 0.5) is 22.7 Å². The first kappa shape index (κ1) is 17.7. The van der Waals surface area contributed by atoms with Crippen LogP contribution in [0.3, 0.4) is 0 Å². The second-order valence-corrected chi connectivity index (χ2v) is 6.40. The summed E-state index contributed by atoms with van der Waals surface area (Å²) in [6.45, 7) is 0. The standard InChI is InChI=1S/C20H16BrN3O2/c21-14-5-4-8-18(13-14)24-20(26)19(25)23-17-11-9-16(10-12-17)22-15-6-2-1-3-7-15/h1-13,22H,(H,23,25)(H,24,26). The van der Waals surface area contributed by atoms with Crippen molar-refractivity contribution in [3.63, 3.8) is 0 Å². The van der Waals surface area contributed by atoms with Crippen molar-refractivity contribution in [3.8, 4) is 0 Å². The molecule has 2 amide bonds. The molecule has 0 aromatic heterocycles. The van der Waals surface area contributed by atoms with E-state index in [0.29, 0.717) is 11.4 Å². The zero-order valence-electron chi connectivity index (χ0n) is 13.7. The molecule has 0 aliphatic carbocycles. The van der Waals surface area contributed by atoms with Crippen molar-refractivity contribution < 1.29 is 9.59 Å². The summed E-state index contributed by atoms with van der Waals surface area (Å²) < 4.78 is 0.817. The molecule has 0 saturated heterocycles. The Labute approximate surface area is 159 Å². The van der Waals surface area contributed by atoms with Crippen LogP contribution in [0, 0.1) is 0 Å². The third kappa shape index (κ3) is 4.94. The second-order valence-electron chi connectivity index (χ2n) is 5.49. The summed E-state index contributed by atoms with van der Waals surface area (Å²) in [5.74, 6) is -1.46. The molecule has 0 radical (unpaired) electrons. The quantitative estimate of drug-likeness (QED) is 0.543. The van der Waals surface area contributed by atoms with Crippen LogP contribution in [0.25, 0.3) is 0 Å². The lowest BCUT2D eigenvalue weighted by Gasteiger charge is -2.09. The molecule has 0 fully saturated rings. The summed E-state index contributed by atoms with van der Waals surface area (Å²) in [7, 11) is 0. The zero-order chi connectivity index (χ0) is 18.4. The van der Waals surface area contributed by atoms with Crippen molar-refractivity contribution in [2.45, 2.75) is 0 Å². The second kappa shape index (κ2) is 8.31. The third-order valence-electron chi connectivity index (χ3n) is 3.49. The summed E-state index contributed by atoms with van der Waals surface area (Å²) >= 11 is 3.32. The highest BCUT2D eigenvalue weighted by molar-refractivity contribution is 9.10. The molecule has 0 aliphatic rings. The van der Waals surface area contributed by atoms with Gasteiger partial charge < -0.3 is 16.0 Å². The topological polar surface area (TPSA) is 70.2 Å². The first-order valence-electron chi connectivity index (χ1n) is 7.90. The maximum atomic E-state index is 12.0. The summed E-state index contributed by atoms with van der Waals surface area (Å²) in [6.07, 6.45) is 0. The molecule has 0 saturated carbocycles. The number of rotatable bonds is 4. The van der Waals surface area contributed by atoms with Crippen LogP contribution in [-0.2, 0) is 9.59 Å². The minimum atomic E-state index is -0.728. The zero-order valence-corrected chi connectivity index (χ0v) is 15.3. The van der Waals surface area contributed by atoms with Gasteiger partial charge in [0, 0.05) is 27.2 Å². The maximum Gasteiger partial charge on any atom is 0.314 e. The largest absolute Gasteiger partial charge is 0.356 e. The van der Waals surface area contributed by atoms with E-state index in [2.05, 4.69) is 31.9 Å². The number of hydrogen-bond acceptors (Lipinski definition) is 3. The van der Waals surface area contributed by atoms with Gasteiger partial charge in [0.2, 0.25) is 0 Å². The van der Waals surface area contributed by atoms with E-state index in [1.807, 2.05) is 48.5 Å². The van der Waals surface area contributed by atoms with E-state index in [4.69, 9.17) is 0 Å². The van der Waals surface area contributed by atoms with Gasteiger partial charge in [0.1, 0.15) is 0 Å². The Kier molecular flexibility index (Phi) is 5.66. The normalized spacial score (nSPS) is 10.0. The molecule has 0 atom stereocenters. The SMILES string of the molecule is O=C(Nc1ccc(Nc2ccccc2)cc1)C(=O)Nc1cccc(Br)c1. The van der Waals surface area contributed by atoms with Gasteiger partial charge in [0.25, 0.3) is 0 Å². The van der Waals surface area contributed by atoms with Crippen molar-refractivity contribution in [2.75, 3.05) is 16.0 Å². The van der Waals surface area contributed by atoms with E-state index < -0.39 is 11.8 Å². The predicted molar refractivity (Wildman–Crippen MR) is 108 cm³/mol. The van der Waals surface area contributed by atoms with E-state index in [1.54, 1.807) is 30.3 Å². The van der Waals surface area contributed by atoms with Gasteiger partial charge in [-0.25, -0.2) is 0 Å². The number of amides is 2. The average molecular weight is 410 g/mol. The Morgan fingerprint density at radius 3 is 1.81 bits per heavy atom. The molecule has 3 aromatic rings. The monoisotopic (exact) mass is 409 g/mol. The molecule has 130 valence electrons. The molecule has 0 aliphatic heterocycles. The minimum absolute atomic E-state index is 0.540. The highest BCUT2D eigenvalue weighted by Crippen LogP contribution is 2.19. The van der Waals surface area contributed by atoms with Crippen LogP contribution < -0.4 is 16.0 Å². The fourth-order valence-electron chi connectivity index (χ4n) is 2.27. The lowest BCUT2D eigenvalue weighted by molar-refractivity contribution is -0.132. The lowest BCUT2D eigenvalue weighted by atomic mass is 10.2. The first-order valence-corrected chi connectivity index (χ1v) is 8.69. The molecule has 3 N–H and O–H groups in total. The van der Waals surface area contributed by atoms with Gasteiger partial charge in [-0.05, 0) is 54.6 Å². The van der Waals surface area contributed by atoms with E-state index in [0.717, 1.165) is 15.8 Å². The highest BCUT2D eigenvalue weighted by atomic mass is 79.9. The van der Waals surface area contributed by atoms with Crippen molar-refractivity contribution in [3.05, 3.63) is 83.3 Å². The Morgan fingerprint density at radius 2 is 1.15 bits per heavy atom. The molecule has 0 bridgehead atoms. The number of carbonyl (C=O) groups is 2. The summed E-state index contributed by atoms with van der Waals surface area (Å²) in [5.41, 5.74) is 2.94. The highest BCUT2D eigenvalue weighted by Gasteiger charge is 2.14. The van der Waals surface area contributed by atoms with Gasteiger partial charge in [0.15, 0.2) is 0 Å². The number of nitrogens with one attached hydrogen (secondary N) is 3. The van der Waals surface area contributed by atoms with Gasteiger partial charge >= 0.3 is 11.8 Å². The molecule has 3 aromatic carbocycles. The number of para-hydroxylation sites is 1. The van der Waals surface area contributed by atoms with E-state index in [1.165, 1.54) is 0 Å². The summed E-state index contributed by atoms with van der Waals surface area (Å²) in [5, 5.41) is 8.38. The Hall–Kier alpha value is -3.12. The number of carbonyl (C=O) groups excluding carboxylic acids is 2. The number of benzene rings is 3. The van der Waals surface area contributed by atoms with Crippen molar-refractivity contribution in [1.82, 2.24) is 0 Å². The number of halogens is 1. The van der Waals surface area contributed by atoms with Crippen LogP contribution in [-0.4, -0.2) is 11.8 Å². The average Bonchev–Trinajstić information content (AvgIpc) is 2.64. The van der Waals surface area contributed by atoms with Crippen molar-refractivity contribution in [1.29, 1.82) is 0 Å². The van der Waals surface area contributed by atoms with Crippen LogP contribution in [0.2, 0.25) is 0 Å². The molecule has 0 spiro atoms. The molecule has 0 unspecified atom stereocenters. The van der Waals surface area contributed by atoms with E-state index in [-0.39, 0.29) is 0 Å². The molecule has 5 nitrogen and oxygen atoms in total. The maximum absolute atomic E-state index is 12.0.